The van der Waals surface area contributed by atoms with Crippen LogP contribution in [-0.4, -0.2) is 6.10 Å². The smallest absolute Gasteiger partial charge is 0.123 e. The molecule has 0 aromatic heterocycles. The molecule has 5 atom stereocenters. The third-order valence-corrected chi connectivity index (χ3v) is 7.35. The summed E-state index contributed by atoms with van der Waals surface area (Å²) in [5, 5.41) is 0. The number of ether oxygens (including phenoxy) is 1. The first-order chi connectivity index (χ1) is 15.4. The van der Waals surface area contributed by atoms with Gasteiger partial charge in [-0.05, 0) is 60.3 Å². The van der Waals surface area contributed by atoms with E-state index in [0.717, 1.165) is 17.6 Å². The second kappa shape index (κ2) is 11.4. The molecule has 1 heterocycles. The molecule has 3 aromatic carbocycles. The van der Waals surface area contributed by atoms with Gasteiger partial charge in [-0.1, -0.05) is 107 Å². The highest BCUT2D eigenvalue weighted by Gasteiger charge is 2.26. The normalized spacial score (nSPS) is 23.4. The zero-order valence-corrected chi connectivity index (χ0v) is 20.7. The van der Waals surface area contributed by atoms with Crippen molar-refractivity contribution in [1.82, 2.24) is 0 Å². The molecule has 1 nitrogen and oxygen atoms in total. The number of hydrogen-bond donors (Lipinski definition) is 0. The van der Waals surface area contributed by atoms with Crippen LogP contribution in [0.2, 0.25) is 0 Å². The number of rotatable bonds is 2. The molecule has 3 aromatic rings. The second-order valence-electron chi connectivity index (χ2n) is 9.54. The van der Waals surface area contributed by atoms with Crippen molar-refractivity contribution in [3.05, 3.63) is 101 Å². The molecule has 170 valence electrons. The van der Waals surface area contributed by atoms with E-state index in [0.29, 0.717) is 17.9 Å². The van der Waals surface area contributed by atoms with Crippen molar-refractivity contribution in [1.29, 1.82) is 0 Å². The summed E-state index contributed by atoms with van der Waals surface area (Å²) in [6.07, 6.45) is 2.84. The Morgan fingerprint density at radius 2 is 1.34 bits per heavy atom. The van der Waals surface area contributed by atoms with E-state index in [1.54, 1.807) is 11.1 Å². The largest absolute Gasteiger partial charge is 0.490 e. The van der Waals surface area contributed by atoms with Crippen LogP contribution in [0, 0.1) is 5.92 Å². The van der Waals surface area contributed by atoms with Gasteiger partial charge in [-0.3, -0.25) is 0 Å². The SMILES string of the molecule is CC1Cc2ccccc2C1C.CC1Oc2ccccc2C1C.CCC(C)c1ccccc1. The minimum atomic E-state index is 0.340. The van der Waals surface area contributed by atoms with Gasteiger partial charge < -0.3 is 4.74 Å². The van der Waals surface area contributed by atoms with Gasteiger partial charge in [0.25, 0.3) is 0 Å². The zero-order valence-electron chi connectivity index (χ0n) is 20.7. The van der Waals surface area contributed by atoms with Gasteiger partial charge in [0.1, 0.15) is 11.9 Å². The van der Waals surface area contributed by atoms with Crippen LogP contribution in [0.1, 0.15) is 88.0 Å². The van der Waals surface area contributed by atoms with Gasteiger partial charge in [0, 0.05) is 11.5 Å². The third kappa shape index (κ3) is 5.82. The summed E-state index contributed by atoms with van der Waals surface area (Å²) >= 11 is 0. The lowest BCUT2D eigenvalue weighted by Crippen LogP contribution is -2.10. The lowest BCUT2D eigenvalue weighted by atomic mass is 9.97. The highest BCUT2D eigenvalue weighted by Crippen LogP contribution is 2.37. The summed E-state index contributed by atoms with van der Waals surface area (Å²) in [4.78, 5) is 0. The van der Waals surface area contributed by atoms with Crippen molar-refractivity contribution >= 4 is 0 Å². The van der Waals surface area contributed by atoms with Crippen molar-refractivity contribution in [2.75, 3.05) is 0 Å². The van der Waals surface area contributed by atoms with Gasteiger partial charge in [0.15, 0.2) is 0 Å². The van der Waals surface area contributed by atoms with E-state index < -0.39 is 0 Å². The fraction of sp³-hybridized carbons (Fsp3) is 0.419. The molecule has 0 saturated carbocycles. The Morgan fingerprint density at radius 3 is 1.97 bits per heavy atom. The first-order valence-electron chi connectivity index (χ1n) is 12.3. The Hall–Kier alpha value is -2.54. The molecule has 0 radical (unpaired) electrons. The van der Waals surface area contributed by atoms with Crippen molar-refractivity contribution in [3.8, 4) is 5.75 Å². The molecule has 5 rings (SSSR count). The molecule has 1 aliphatic carbocycles. The van der Waals surface area contributed by atoms with Gasteiger partial charge in [-0.15, -0.1) is 0 Å². The Balaban J connectivity index is 0.000000136. The van der Waals surface area contributed by atoms with Gasteiger partial charge in [0.2, 0.25) is 0 Å². The molecule has 0 N–H and O–H groups in total. The topological polar surface area (TPSA) is 9.23 Å². The fourth-order valence-electron chi connectivity index (χ4n) is 4.53. The van der Waals surface area contributed by atoms with Crippen LogP contribution in [-0.2, 0) is 6.42 Å². The second-order valence-corrected chi connectivity index (χ2v) is 9.54. The standard InChI is InChI=1S/C11H14.C10H12O.C10H14/c1-8-7-10-5-3-4-6-11(10)9(8)2;1-7-8(2)11-10-6-4-3-5-9(7)10;1-3-9(2)10-7-5-4-6-8-10/h3-6,8-9H,7H2,1-2H3;3-8H,1-2H3;4-9H,3H2,1-2H3. The van der Waals surface area contributed by atoms with E-state index in [1.165, 1.54) is 24.0 Å². The molecule has 0 saturated heterocycles. The molecule has 5 unspecified atom stereocenters. The maximum absolute atomic E-state index is 5.62. The quantitative estimate of drug-likeness (QED) is 0.396. The van der Waals surface area contributed by atoms with Gasteiger partial charge in [-0.2, -0.15) is 0 Å². The molecule has 1 heteroatoms. The van der Waals surface area contributed by atoms with Crippen LogP contribution in [0.5, 0.6) is 5.75 Å². The minimum absolute atomic E-state index is 0.340. The van der Waals surface area contributed by atoms with Crippen molar-refractivity contribution < 1.29 is 4.74 Å². The average Bonchev–Trinajstić information content (AvgIpc) is 3.29. The van der Waals surface area contributed by atoms with Crippen LogP contribution in [0.3, 0.4) is 0 Å². The Labute approximate surface area is 195 Å². The summed E-state index contributed by atoms with van der Waals surface area (Å²) in [5.41, 5.74) is 5.93. The summed E-state index contributed by atoms with van der Waals surface area (Å²) in [7, 11) is 0. The van der Waals surface area contributed by atoms with Gasteiger partial charge in [0.05, 0.1) is 0 Å². The summed E-state index contributed by atoms with van der Waals surface area (Å²) < 4.78 is 5.62. The van der Waals surface area contributed by atoms with Crippen molar-refractivity contribution in [3.63, 3.8) is 0 Å². The fourth-order valence-corrected chi connectivity index (χ4v) is 4.53. The lowest BCUT2D eigenvalue weighted by Gasteiger charge is -2.08. The molecule has 0 bridgehead atoms. The van der Waals surface area contributed by atoms with Gasteiger partial charge in [-0.25, -0.2) is 0 Å². The molecule has 32 heavy (non-hydrogen) atoms. The Kier molecular flexibility index (Phi) is 8.56. The van der Waals surface area contributed by atoms with E-state index >= 15 is 0 Å². The van der Waals surface area contributed by atoms with Crippen LogP contribution in [0.4, 0.5) is 0 Å². The molecular weight excluding hydrogens is 388 g/mol. The number of hydrogen-bond acceptors (Lipinski definition) is 1. The molecule has 1 aliphatic heterocycles. The highest BCUT2D eigenvalue weighted by atomic mass is 16.5. The average molecular weight is 429 g/mol. The van der Waals surface area contributed by atoms with Crippen LogP contribution < -0.4 is 4.74 Å². The third-order valence-electron chi connectivity index (χ3n) is 7.35. The lowest BCUT2D eigenvalue weighted by molar-refractivity contribution is 0.232. The first kappa shape index (κ1) is 24.1. The summed E-state index contributed by atoms with van der Waals surface area (Å²) in [5.74, 6) is 3.93. The number of benzene rings is 3. The molecule has 2 aliphatic rings. The molecule has 0 spiro atoms. The predicted octanol–water partition coefficient (Wildman–Crippen LogP) is 8.75. The maximum atomic E-state index is 5.62. The predicted molar refractivity (Wildman–Crippen MR) is 138 cm³/mol. The van der Waals surface area contributed by atoms with E-state index in [1.807, 2.05) is 12.1 Å². The Bertz CT molecular complexity index is 903. The van der Waals surface area contributed by atoms with E-state index in [9.17, 15) is 0 Å². The molecule has 0 amide bonds. The van der Waals surface area contributed by atoms with Crippen molar-refractivity contribution in [2.45, 2.75) is 78.2 Å². The highest BCUT2D eigenvalue weighted by molar-refractivity contribution is 5.40. The van der Waals surface area contributed by atoms with Crippen LogP contribution in [0.15, 0.2) is 78.9 Å². The van der Waals surface area contributed by atoms with E-state index in [-0.39, 0.29) is 0 Å². The van der Waals surface area contributed by atoms with E-state index in [4.69, 9.17) is 4.74 Å². The maximum Gasteiger partial charge on any atom is 0.123 e. The minimum Gasteiger partial charge on any atom is -0.490 e. The summed E-state index contributed by atoms with van der Waals surface area (Å²) in [6.45, 7) is 13.5. The van der Waals surface area contributed by atoms with Crippen LogP contribution >= 0.6 is 0 Å². The number of fused-ring (bicyclic) bond motifs is 2. The number of para-hydroxylation sites is 1. The first-order valence-corrected chi connectivity index (χ1v) is 12.3. The van der Waals surface area contributed by atoms with Crippen LogP contribution in [0.25, 0.3) is 0 Å². The zero-order chi connectivity index (χ0) is 23.1. The van der Waals surface area contributed by atoms with Crippen molar-refractivity contribution in [2.24, 2.45) is 5.92 Å². The van der Waals surface area contributed by atoms with E-state index in [2.05, 4.69) is 108 Å². The molecule has 0 fully saturated rings. The summed E-state index contributed by atoms with van der Waals surface area (Å²) in [6, 6.07) is 27.7. The van der Waals surface area contributed by atoms with Gasteiger partial charge >= 0.3 is 0 Å². The molecular formula is C31H40O. The monoisotopic (exact) mass is 428 g/mol. The Morgan fingerprint density at radius 1 is 0.750 bits per heavy atom.